The van der Waals surface area contributed by atoms with Gasteiger partial charge in [0.1, 0.15) is 6.23 Å². The van der Waals surface area contributed by atoms with Crippen molar-refractivity contribution in [2.24, 2.45) is 0 Å². The quantitative estimate of drug-likeness (QED) is 0.410. The van der Waals surface area contributed by atoms with Crippen LogP contribution in [0.2, 0.25) is 0 Å². The summed E-state index contributed by atoms with van der Waals surface area (Å²) in [5, 5.41) is 13.5. The first kappa shape index (κ1) is 10.9. The molecule has 4 fully saturated rings. The Morgan fingerprint density at radius 2 is 1.44 bits per heavy atom. The maximum Gasteiger partial charge on any atom is 0.121 e. The Morgan fingerprint density at radius 1 is 0.750 bits per heavy atom. The Morgan fingerprint density at radius 3 is 2.06 bits per heavy atom. The number of hydrogen-bond acceptors (Lipinski definition) is 5. The minimum absolute atomic E-state index is 0.300. The number of fused-ring (bicyclic) bond motifs is 4. The monoisotopic (exact) mass is 226 g/mol. The molecule has 4 rings (SSSR count). The highest BCUT2D eigenvalue weighted by Crippen LogP contribution is 2.13. The van der Waals surface area contributed by atoms with Crippen molar-refractivity contribution in [2.45, 2.75) is 37.2 Å². The van der Waals surface area contributed by atoms with Crippen LogP contribution in [0, 0.1) is 0 Å². The maximum atomic E-state index is 5.30. The van der Waals surface area contributed by atoms with E-state index < -0.39 is 0 Å². The third kappa shape index (κ3) is 2.55. The van der Waals surface area contributed by atoms with E-state index in [9.17, 15) is 0 Å². The van der Waals surface area contributed by atoms with E-state index in [1.807, 2.05) is 0 Å². The molecule has 4 bridgehead atoms. The molecule has 0 aromatic carbocycles. The van der Waals surface area contributed by atoms with Crippen LogP contribution in [0.3, 0.4) is 0 Å². The second-order valence-electron chi connectivity index (χ2n) is 5.14. The molecule has 0 spiro atoms. The van der Waals surface area contributed by atoms with E-state index in [0.717, 1.165) is 31.8 Å². The van der Waals surface area contributed by atoms with Gasteiger partial charge in [0.25, 0.3) is 0 Å². The van der Waals surface area contributed by atoms with E-state index in [-0.39, 0.29) is 0 Å². The molecule has 0 saturated carbocycles. The van der Waals surface area contributed by atoms with Crippen LogP contribution in [-0.4, -0.2) is 57.1 Å². The van der Waals surface area contributed by atoms with Gasteiger partial charge >= 0.3 is 0 Å². The van der Waals surface area contributed by atoms with E-state index in [2.05, 4.69) is 21.3 Å². The van der Waals surface area contributed by atoms with Crippen molar-refractivity contribution in [2.75, 3.05) is 32.8 Å². The Balaban J connectivity index is 0.000000101. The maximum absolute atomic E-state index is 5.30. The molecule has 4 unspecified atom stereocenters. The fraction of sp³-hybridized carbons (Fsp3) is 1.00. The van der Waals surface area contributed by atoms with Gasteiger partial charge < -0.3 is 20.7 Å². The van der Waals surface area contributed by atoms with E-state index in [1.54, 1.807) is 0 Å². The predicted octanol–water partition coefficient (Wildman–Crippen LogP) is -1.39. The molecule has 0 aromatic rings. The molecule has 5 nitrogen and oxygen atoms in total. The summed E-state index contributed by atoms with van der Waals surface area (Å²) in [4.78, 5) is 0. The zero-order valence-electron chi connectivity index (χ0n) is 9.67. The van der Waals surface area contributed by atoms with Gasteiger partial charge in [0.15, 0.2) is 0 Å². The summed E-state index contributed by atoms with van der Waals surface area (Å²) >= 11 is 0. The second kappa shape index (κ2) is 4.98. The normalized spacial score (nSPS) is 45.0. The van der Waals surface area contributed by atoms with Crippen LogP contribution in [-0.2, 0) is 4.74 Å². The van der Waals surface area contributed by atoms with E-state index in [4.69, 9.17) is 4.74 Å². The molecular weight excluding hydrogens is 204 g/mol. The first-order valence-corrected chi connectivity index (χ1v) is 6.45. The molecule has 0 aromatic heterocycles. The van der Waals surface area contributed by atoms with Gasteiger partial charge in [-0.3, -0.25) is 5.32 Å². The first-order chi connectivity index (χ1) is 7.90. The van der Waals surface area contributed by atoms with Crippen LogP contribution in [0.15, 0.2) is 0 Å². The second-order valence-corrected chi connectivity index (χ2v) is 5.14. The number of rotatable bonds is 0. The third-order valence-corrected chi connectivity index (χ3v) is 3.76. The fourth-order valence-corrected chi connectivity index (χ4v) is 2.87. The lowest BCUT2D eigenvalue weighted by molar-refractivity contribution is 0.105. The Hall–Kier alpha value is -0.200. The van der Waals surface area contributed by atoms with Gasteiger partial charge in [0, 0.05) is 44.3 Å². The third-order valence-electron chi connectivity index (χ3n) is 3.76. The SMILES string of the molecule is C1CC2CNCC1N2.C1NCC2NC1CO2. The van der Waals surface area contributed by atoms with Crippen molar-refractivity contribution < 1.29 is 4.74 Å². The van der Waals surface area contributed by atoms with Crippen LogP contribution in [0.1, 0.15) is 12.8 Å². The van der Waals surface area contributed by atoms with Crippen LogP contribution >= 0.6 is 0 Å². The minimum Gasteiger partial charge on any atom is -0.360 e. The average Bonchev–Trinajstić information content (AvgIpc) is 2.83. The van der Waals surface area contributed by atoms with Crippen molar-refractivity contribution in [3.63, 3.8) is 0 Å². The van der Waals surface area contributed by atoms with E-state index in [1.165, 1.54) is 25.9 Å². The topological polar surface area (TPSA) is 57.3 Å². The summed E-state index contributed by atoms with van der Waals surface area (Å²) in [6.07, 6.45) is 3.07. The highest BCUT2D eigenvalue weighted by molar-refractivity contribution is 4.90. The number of nitrogens with one attached hydrogen (secondary N) is 4. The molecule has 4 N–H and O–H groups in total. The lowest BCUT2D eigenvalue weighted by Crippen LogP contribution is -2.49. The van der Waals surface area contributed by atoms with Gasteiger partial charge in [0.05, 0.1) is 6.61 Å². The first-order valence-electron chi connectivity index (χ1n) is 6.45. The van der Waals surface area contributed by atoms with Crippen molar-refractivity contribution >= 4 is 0 Å². The van der Waals surface area contributed by atoms with Crippen LogP contribution in [0.5, 0.6) is 0 Å². The average molecular weight is 226 g/mol. The molecule has 4 saturated heterocycles. The molecule has 5 heteroatoms. The van der Waals surface area contributed by atoms with Gasteiger partial charge in [-0.2, -0.15) is 0 Å². The standard InChI is InChI=1S/C6H12N2.C5H10N2O/c1-2-6-4-7-3-5(1)8-6;1-4-3-8-5(7-4)2-6-1/h5-8H,1-4H2;4-7H,1-3H2. The minimum atomic E-state index is 0.300. The molecule has 92 valence electrons. The fourth-order valence-electron chi connectivity index (χ4n) is 2.87. The largest absolute Gasteiger partial charge is 0.360 e. The molecule has 0 aliphatic carbocycles. The molecule has 4 aliphatic rings. The molecule has 0 radical (unpaired) electrons. The summed E-state index contributed by atoms with van der Waals surface area (Å²) in [6.45, 7) is 5.30. The summed E-state index contributed by atoms with van der Waals surface area (Å²) < 4.78 is 5.30. The Kier molecular flexibility index (Phi) is 3.40. The number of piperazine rings is 2. The Labute approximate surface area is 96.7 Å². The van der Waals surface area contributed by atoms with Gasteiger partial charge in [0.2, 0.25) is 0 Å². The number of ether oxygens (including phenoxy) is 1. The molecule has 0 amide bonds. The molecule has 16 heavy (non-hydrogen) atoms. The lowest BCUT2D eigenvalue weighted by Gasteiger charge is -2.21. The van der Waals surface area contributed by atoms with Gasteiger partial charge in [-0.05, 0) is 12.8 Å². The zero-order chi connectivity index (χ0) is 10.8. The van der Waals surface area contributed by atoms with Crippen LogP contribution in [0.4, 0.5) is 0 Å². The summed E-state index contributed by atoms with van der Waals surface area (Å²) in [6, 6.07) is 2.18. The summed E-state index contributed by atoms with van der Waals surface area (Å²) in [5.41, 5.74) is 0. The lowest BCUT2D eigenvalue weighted by atomic mass is 10.2. The van der Waals surface area contributed by atoms with Crippen molar-refractivity contribution in [1.82, 2.24) is 21.3 Å². The molecular formula is C11H22N4O. The van der Waals surface area contributed by atoms with Gasteiger partial charge in [-0.25, -0.2) is 0 Å². The van der Waals surface area contributed by atoms with Crippen molar-refractivity contribution in [1.29, 1.82) is 0 Å². The highest BCUT2D eigenvalue weighted by atomic mass is 16.5. The number of hydrogen-bond donors (Lipinski definition) is 4. The summed E-state index contributed by atoms with van der Waals surface area (Å²) in [7, 11) is 0. The van der Waals surface area contributed by atoms with E-state index >= 15 is 0 Å². The predicted molar refractivity (Wildman–Crippen MR) is 62.3 cm³/mol. The molecule has 4 heterocycles. The van der Waals surface area contributed by atoms with Crippen molar-refractivity contribution in [3.8, 4) is 0 Å². The highest BCUT2D eigenvalue weighted by Gasteiger charge is 2.27. The zero-order valence-corrected chi connectivity index (χ0v) is 9.67. The van der Waals surface area contributed by atoms with Crippen LogP contribution < -0.4 is 21.3 Å². The van der Waals surface area contributed by atoms with Gasteiger partial charge in [-0.1, -0.05) is 0 Å². The van der Waals surface area contributed by atoms with Crippen LogP contribution in [0.25, 0.3) is 0 Å². The van der Waals surface area contributed by atoms with Crippen molar-refractivity contribution in [3.05, 3.63) is 0 Å². The Bertz CT molecular complexity index is 186. The van der Waals surface area contributed by atoms with E-state index in [0.29, 0.717) is 12.3 Å². The van der Waals surface area contributed by atoms with Gasteiger partial charge in [-0.15, -0.1) is 0 Å². The summed E-state index contributed by atoms with van der Waals surface area (Å²) in [5.74, 6) is 0. The molecule has 4 atom stereocenters. The smallest absolute Gasteiger partial charge is 0.121 e. The molecule has 4 aliphatic heterocycles.